The zero-order valence-electron chi connectivity index (χ0n) is 8.94. The van der Waals surface area contributed by atoms with Crippen molar-refractivity contribution in [2.24, 2.45) is 0 Å². The highest BCUT2D eigenvalue weighted by atomic mass is 79.9. The van der Waals surface area contributed by atoms with Crippen LogP contribution in [-0.4, -0.2) is 20.4 Å². The van der Waals surface area contributed by atoms with Gasteiger partial charge in [0.1, 0.15) is 0 Å². The predicted molar refractivity (Wildman–Crippen MR) is 62.3 cm³/mol. The second-order valence-electron chi connectivity index (χ2n) is 3.11. The van der Waals surface area contributed by atoms with Crippen LogP contribution in [0.1, 0.15) is 40.0 Å². The van der Waals surface area contributed by atoms with E-state index in [1.165, 1.54) is 0 Å². The van der Waals surface area contributed by atoms with Gasteiger partial charge in [0.2, 0.25) is 0 Å². The molecule has 0 spiro atoms. The predicted octanol–water partition coefficient (Wildman–Crippen LogP) is 3.58. The van der Waals surface area contributed by atoms with Gasteiger partial charge in [0.05, 0.1) is 0 Å². The summed E-state index contributed by atoms with van der Waals surface area (Å²) in [6, 6.07) is 1.03. The van der Waals surface area contributed by atoms with Crippen LogP contribution >= 0.6 is 15.3 Å². The van der Waals surface area contributed by atoms with E-state index in [0.717, 1.165) is 38.5 Å². The van der Waals surface area contributed by atoms with Gasteiger partial charge in [-0.15, -0.1) is 0 Å². The van der Waals surface area contributed by atoms with Gasteiger partial charge < -0.3 is 8.85 Å². The average molecular weight is 269 g/mol. The Hall–Kier alpha value is 0.617. The van der Waals surface area contributed by atoms with Gasteiger partial charge in [0.15, 0.2) is 0 Å². The fraction of sp³-hybridized carbons (Fsp3) is 1.00. The Balaban J connectivity index is 3.84. The normalized spacial score (nSPS) is 12.0. The van der Waals surface area contributed by atoms with E-state index in [1.54, 1.807) is 0 Å². The van der Waals surface area contributed by atoms with Crippen molar-refractivity contribution < 1.29 is 8.85 Å². The van der Waals surface area contributed by atoms with Crippen molar-refractivity contribution in [3.8, 4) is 0 Å². The molecule has 0 aromatic heterocycles. The molecule has 0 saturated heterocycles. The fourth-order valence-electron chi connectivity index (χ4n) is 0.994. The van der Waals surface area contributed by atoms with Crippen LogP contribution in [0.5, 0.6) is 0 Å². The molecule has 0 aromatic rings. The summed E-state index contributed by atoms with van der Waals surface area (Å²) < 4.78 is 11.5. The van der Waals surface area contributed by atoms with Crippen LogP contribution < -0.4 is 0 Å². The van der Waals surface area contributed by atoms with Crippen molar-refractivity contribution >= 4 is 22.5 Å². The third kappa shape index (κ3) is 6.66. The van der Waals surface area contributed by atoms with E-state index < -0.39 is 7.18 Å². The van der Waals surface area contributed by atoms with Crippen LogP contribution in [0.2, 0.25) is 6.04 Å². The van der Waals surface area contributed by atoms with Crippen molar-refractivity contribution in [1.82, 2.24) is 0 Å². The molecule has 0 rings (SSSR count). The van der Waals surface area contributed by atoms with Gasteiger partial charge in [-0.2, -0.15) is 0 Å². The summed E-state index contributed by atoms with van der Waals surface area (Å²) in [5.74, 6) is 0. The molecular formula is C9H21BrO2Si. The van der Waals surface area contributed by atoms with Gasteiger partial charge in [-0.1, -0.05) is 42.5 Å². The molecule has 0 bridgehead atoms. The first-order chi connectivity index (χ1) is 6.18. The molecule has 0 aromatic carbocycles. The Morgan fingerprint density at radius 1 is 0.923 bits per heavy atom. The minimum Gasteiger partial charge on any atom is -0.386 e. The van der Waals surface area contributed by atoms with Crippen molar-refractivity contribution in [3.63, 3.8) is 0 Å². The zero-order valence-corrected chi connectivity index (χ0v) is 11.5. The van der Waals surface area contributed by atoms with Crippen LogP contribution in [0.25, 0.3) is 0 Å². The smallest absolute Gasteiger partial charge is 0.386 e. The maximum absolute atomic E-state index is 5.75. The number of hydrogen-bond acceptors (Lipinski definition) is 2. The van der Waals surface area contributed by atoms with Crippen LogP contribution in [0, 0.1) is 0 Å². The van der Waals surface area contributed by atoms with E-state index in [-0.39, 0.29) is 0 Å². The SMILES string of the molecule is CCCO[Si](Br)(CCC)OCCC. The van der Waals surface area contributed by atoms with E-state index >= 15 is 0 Å². The zero-order chi connectivity index (χ0) is 10.2. The molecule has 0 amide bonds. The van der Waals surface area contributed by atoms with Gasteiger partial charge in [-0.3, -0.25) is 0 Å². The largest absolute Gasteiger partial charge is 0.414 e. The average Bonchev–Trinajstić information content (AvgIpc) is 2.12. The lowest BCUT2D eigenvalue weighted by molar-refractivity contribution is 0.190. The van der Waals surface area contributed by atoms with Gasteiger partial charge in [0, 0.05) is 19.3 Å². The summed E-state index contributed by atoms with van der Waals surface area (Å²) in [5.41, 5.74) is 0. The van der Waals surface area contributed by atoms with Crippen molar-refractivity contribution in [2.45, 2.75) is 46.1 Å². The quantitative estimate of drug-likeness (QED) is 0.495. The molecular weight excluding hydrogens is 248 g/mol. The molecule has 4 heteroatoms. The van der Waals surface area contributed by atoms with E-state index in [4.69, 9.17) is 8.85 Å². The molecule has 2 nitrogen and oxygen atoms in total. The Morgan fingerprint density at radius 3 is 1.69 bits per heavy atom. The van der Waals surface area contributed by atoms with Crippen molar-refractivity contribution in [3.05, 3.63) is 0 Å². The van der Waals surface area contributed by atoms with Crippen molar-refractivity contribution in [1.29, 1.82) is 0 Å². The number of halogens is 1. The first-order valence-corrected chi connectivity index (χ1v) is 9.43. The second kappa shape index (κ2) is 7.97. The lowest BCUT2D eigenvalue weighted by atomic mass is 10.5. The molecule has 0 heterocycles. The summed E-state index contributed by atoms with van der Waals surface area (Å²) in [4.78, 5) is 0. The van der Waals surface area contributed by atoms with Gasteiger partial charge >= 0.3 is 7.18 Å². The monoisotopic (exact) mass is 268 g/mol. The molecule has 0 fully saturated rings. The molecule has 0 radical (unpaired) electrons. The lowest BCUT2D eigenvalue weighted by Gasteiger charge is -2.23. The second-order valence-corrected chi connectivity index (χ2v) is 9.13. The summed E-state index contributed by atoms with van der Waals surface area (Å²) in [7, 11) is -1.98. The summed E-state index contributed by atoms with van der Waals surface area (Å²) in [5, 5.41) is 0. The molecule has 13 heavy (non-hydrogen) atoms. The molecule has 0 N–H and O–H groups in total. The molecule has 0 saturated carbocycles. The third-order valence-electron chi connectivity index (χ3n) is 1.59. The third-order valence-corrected chi connectivity index (χ3v) is 6.52. The fourth-order valence-corrected chi connectivity index (χ4v) is 5.14. The van der Waals surface area contributed by atoms with Gasteiger partial charge in [-0.05, 0) is 12.8 Å². The standard InChI is InChI=1S/C9H21BrO2Si/c1-4-7-11-13(10,9-6-3)12-8-5-2/h4-9H2,1-3H3. The molecule has 0 unspecified atom stereocenters. The summed E-state index contributed by atoms with van der Waals surface area (Å²) in [6.07, 6.45) is 3.23. The number of rotatable bonds is 8. The summed E-state index contributed by atoms with van der Waals surface area (Å²) in [6.45, 7) is 8.01. The highest BCUT2D eigenvalue weighted by molar-refractivity contribution is 9.25. The molecule has 0 aliphatic carbocycles. The maximum atomic E-state index is 5.75. The minimum atomic E-state index is -1.98. The van der Waals surface area contributed by atoms with Crippen LogP contribution in [0.4, 0.5) is 0 Å². The molecule has 0 atom stereocenters. The molecule has 80 valence electrons. The first-order valence-electron chi connectivity index (χ1n) is 5.15. The highest BCUT2D eigenvalue weighted by Gasteiger charge is 2.33. The Labute approximate surface area is 90.8 Å². The number of hydrogen-bond donors (Lipinski definition) is 0. The van der Waals surface area contributed by atoms with Crippen LogP contribution in [0.15, 0.2) is 0 Å². The highest BCUT2D eigenvalue weighted by Crippen LogP contribution is 2.23. The van der Waals surface area contributed by atoms with E-state index in [1.807, 2.05) is 0 Å². The Bertz CT molecular complexity index is 114. The van der Waals surface area contributed by atoms with E-state index in [2.05, 4.69) is 36.1 Å². The van der Waals surface area contributed by atoms with E-state index in [9.17, 15) is 0 Å². The van der Waals surface area contributed by atoms with E-state index in [0.29, 0.717) is 0 Å². The maximum Gasteiger partial charge on any atom is 0.414 e. The Kier molecular flexibility index (Phi) is 8.35. The van der Waals surface area contributed by atoms with Crippen LogP contribution in [0.3, 0.4) is 0 Å². The lowest BCUT2D eigenvalue weighted by Crippen LogP contribution is -2.35. The topological polar surface area (TPSA) is 18.5 Å². The first kappa shape index (κ1) is 13.6. The Morgan fingerprint density at radius 2 is 1.38 bits per heavy atom. The van der Waals surface area contributed by atoms with Gasteiger partial charge in [0.25, 0.3) is 0 Å². The molecule has 0 aliphatic heterocycles. The van der Waals surface area contributed by atoms with Gasteiger partial charge in [-0.25, -0.2) is 0 Å². The minimum absolute atomic E-state index is 0.807. The van der Waals surface area contributed by atoms with Crippen LogP contribution in [-0.2, 0) is 8.85 Å². The summed E-state index contributed by atoms with van der Waals surface area (Å²) >= 11 is 3.64. The molecule has 0 aliphatic rings. The van der Waals surface area contributed by atoms with Crippen molar-refractivity contribution in [2.75, 3.05) is 13.2 Å².